The number of carboxylic acid groups (broad SMARTS) is 1. The lowest BCUT2D eigenvalue weighted by molar-refractivity contribution is -0.187. The van der Waals surface area contributed by atoms with Crippen molar-refractivity contribution < 1.29 is 19.4 Å². The SMILES string of the molecule is CCC=CCC=CCC=CCC=CCCOC(OCC)C(=O)O. The van der Waals surface area contributed by atoms with Gasteiger partial charge in [-0.2, -0.15) is 0 Å². The first-order chi connectivity index (χ1) is 11.2. The van der Waals surface area contributed by atoms with Crippen molar-refractivity contribution in [3.63, 3.8) is 0 Å². The third kappa shape index (κ3) is 15.0. The van der Waals surface area contributed by atoms with Gasteiger partial charge in [-0.25, -0.2) is 4.79 Å². The summed E-state index contributed by atoms with van der Waals surface area (Å²) in [4.78, 5) is 10.8. The van der Waals surface area contributed by atoms with E-state index in [1.165, 1.54) is 0 Å². The predicted octanol–water partition coefficient (Wildman–Crippen LogP) is 4.65. The summed E-state index contributed by atoms with van der Waals surface area (Å²) in [6.07, 6.45) is 20.4. The lowest BCUT2D eigenvalue weighted by Gasteiger charge is -2.12. The Balaban J connectivity index is 3.61. The summed E-state index contributed by atoms with van der Waals surface area (Å²) in [6.45, 7) is 4.53. The van der Waals surface area contributed by atoms with Gasteiger partial charge in [0, 0.05) is 6.61 Å². The Hall–Kier alpha value is -1.65. The van der Waals surface area contributed by atoms with Crippen LogP contribution in [0.1, 0.15) is 46.0 Å². The lowest BCUT2D eigenvalue weighted by atomic mass is 10.2. The molecule has 0 rings (SSSR count). The van der Waals surface area contributed by atoms with Crippen LogP contribution in [0.15, 0.2) is 48.6 Å². The fraction of sp³-hybridized carbons (Fsp3) is 0.526. The molecule has 1 unspecified atom stereocenters. The van der Waals surface area contributed by atoms with E-state index in [0.717, 1.165) is 25.7 Å². The van der Waals surface area contributed by atoms with E-state index >= 15 is 0 Å². The van der Waals surface area contributed by atoms with Crippen molar-refractivity contribution in [2.24, 2.45) is 0 Å². The number of hydrogen-bond acceptors (Lipinski definition) is 3. The molecule has 1 atom stereocenters. The van der Waals surface area contributed by atoms with Gasteiger partial charge in [-0.05, 0) is 39.0 Å². The van der Waals surface area contributed by atoms with E-state index in [1.807, 2.05) is 12.2 Å². The van der Waals surface area contributed by atoms with Crippen LogP contribution < -0.4 is 0 Å². The molecular formula is C19H30O4. The van der Waals surface area contributed by atoms with Crippen molar-refractivity contribution in [3.05, 3.63) is 48.6 Å². The van der Waals surface area contributed by atoms with Crippen LogP contribution in [0.4, 0.5) is 0 Å². The van der Waals surface area contributed by atoms with Crippen LogP contribution in [0.25, 0.3) is 0 Å². The minimum absolute atomic E-state index is 0.320. The molecule has 0 amide bonds. The molecule has 4 nitrogen and oxygen atoms in total. The second kappa shape index (κ2) is 16.7. The van der Waals surface area contributed by atoms with Gasteiger partial charge in [-0.3, -0.25) is 0 Å². The Morgan fingerprint density at radius 1 is 0.870 bits per heavy atom. The topological polar surface area (TPSA) is 55.8 Å². The average Bonchev–Trinajstić information content (AvgIpc) is 2.54. The molecule has 0 radical (unpaired) electrons. The maximum atomic E-state index is 10.8. The second-order valence-corrected chi connectivity index (χ2v) is 4.79. The van der Waals surface area contributed by atoms with Crippen LogP contribution in [0.2, 0.25) is 0 Å². The first-order valence-electron chi connectivity index (χ1n) is 8.28. The fourth-order valence-corrected chi connectivity index (χ4v) is 1.68. The van der Waals surface area contributed by atoms with E-state index in [2.05, 4.69) is 43.4 Å². The maximum Gasteiger partial charge on any atom is 0.361 e. The summed E-state index contributed by atoms with van der Waals surface area (Å²) in [6, 6.07) is 0. The highest BCUT2D eigenvalue weighted by atomic mass is 16.7. The van der Waals surface area contributed by atoms with Crippen molar-refractivity contribution in [1.82, 2.24) is 0 Å². The Labute approximate surface area is 140 Å². The van der Waals surface area contributed by atoms with Gasteiger partial charge < -0.3 is 14.6 Å². The van der Waals surface area contributed by atoms with Gasteiger partial charge in [-0.1, -0.05) is 55.5 Å². The van der Waals surface area contributed by atoms with Gasteiger partial charge in [0.25, 0.3) is 6.29 Å². The van der Waals surface area contributed by atoms with E-state index in [1.54, 1.807) is 6.92 Å². The van der Waals surface area contributed by atoms with Crippen LogP contribution in [0, 0.1) is 0 Å². The number of carbonyl (C=O) groups is 1. The Bertz CT molecular complexity index is 394. The standard InChI is InChI=1S/C19H30O4/c1-3-5-6-7-8-9-10-11-12-13-14-15-16-17-23-19(18(20)21)22-4-2/h5-6,8-9,11-12,14-15,19H,3-4,7,10,13,16-17H2,1-2H3,(H,20,21). The number of carboxylic acids is 1. The van der Waals surface area contributed by atoms with E-state index in [4.69, 9.17) is 14.6 Å². The third-order valence-corrected chi connectivity index (χ3v) is 2.79. The molecule has 0 aliphatic heterocycles. The smallest absolute Gasteiger partial charge is 0.361 e. The zero-order valence-corrected chi connectivity index (χ0v) is 14.3. The summed E-state index contributed by atoms with van der Waals surface area (Å²) in [7, 11) is 0. The maximum absolute atomic E-state index is 10.8. The van der Waals surface area contributed by atoms with Crippen molar-refractivity contribution in [1.29, 1.82) is 0 Å². The van der Waals surface area contributed by atoms with Crippen LogP contribution in [0.3, 0.4) is 0 Å². The summed E-state index contributed by atoms with van der Waals surface area (Å²) < 4.78 is 10.1. The number of hydrogen-bond donors (Lipinski definition) is 1. The number of ether oxygens (including phenoxy) is 2. The van der Waals surface area contributed by atoms with Gasteiger partial charge in [0.15, 0.2) is 0 Å². The van der Waals surface area contributed by atoms with Crippen molar-refractivity contribution >= 4 is 5.97 Å². The Kier molecular flexibility index (Phi) is 15.5. The molecule has 0 bridgehead atoms. The molecule has 0 spiro atoms. The first-order valence-corrected chi connectivity index (χ1v) is 8.28. The molecule has 0 aliphatic carbocycles. The Morgan fingerprint density at radius 2 is 1.39 bits per heavy atom. The van der Waals surface area contributed by atoms with Gasteiger partial charge in [0.2, 0.25) is 0 Å². The summed E-state index contributed by atoms with van der Waals surface area (Å²) in [5.41, 5.74) is 0. The quantitative estimate of drug-likeness (QED) is 0.287. The molecule has 0 saturated carbocycles. The summed E-state index contributed by atoms with van der Waals surface area (Å²) in [5, 5.41) is 8.82. The molecule has 0 fully saturated rings. The van der Waals surface area contributed by atoms with Crippen LogP contribution >= 0.6 is 0 Å². The first kappa shape index (κ1) is 21.4. The van der Waals surface area contributed by atoms with Crippen molar-refractivity contribution in [2.45, 2.75) is 52.2 Å². The number of rotatable bonds is 14. The van der Waals surface area contributed by atoms with E-state index in [-0.39, 0.29) is 0 Å². The largest absolute Gasteiger partial charge is 0.477 e. The highest BCUT2D eigenvalue weighted by Crippen LogP contribution is 1.99. The van der Waals surface area contributed by atoms with Gasteiger partial charge in [0.05, 0.1) is 6.61 Å². The van der Waals surface area contributed by atoms with Crippen LogP contribution in [-0.2, 0) is 14.3 Å². The van der Waals surface area contributed by atoms with E-state index in [9.17, 15) is 4.79 Å². The molecule has 0 heterocycles. The fourth-order valence-electron chi connectivity index (χ4n) is 1.68. The van der Waals surface area contributed by atoms with E-state index in [0.29, 0.717) is 19.6 Å². The van der Waals surface area contributed by atoms with Gasteiger partial charge in [-0.15, -0.1) is 0 Å². The van der Waals surface area contributed by atoms with Gasteiger partial charge in [0.1, 0.15) is 0 Å². The zero-order valence-electron chi connectivity index (χ0n) is 14.3. The zero-order chi connectivity index (χ0) is 17.2. The average molecular weight is 322 g/mol. The molecule has 0 aliphatic rings. The summed E-state index contributed by atoms with van der Waals surface area (Å²) >= 11 is 0. The lowest BCUT2D eigenvalue weighted by Crippen LogP contribution is -2.27. The molecule has 1 N–H and O–H groups in total. The predicted molar refractivity (Wildman–Crippen MR) is 94.3 cm³/mol. The summed E-state index contributed by atoms with van der Waals surface area (Å²) in [5.74, 6) is -1.09. The molecule has 0 aromatic heterocycles. The second-order valence-electron chi connectivity index (χ2n) is 4.79. The Morgan fingerprint density at radius 3 is 1.87 bits per heavy atom. The molecule has 23 heavy (non-hydrogen) atoms. The highest BCUT2D eigenvalue weighted by molar-refractivity contribution is 5.70. The van der Waals surface area contributed by atoms with Gasteiger partial charge >= 0.3 is 5.97 Å². The van der Waals surface area contributed by atoms with Crippen molar-refractivity contribution in [2.75, 3.05) is 13.2 Å². The number of allylic oxidation sites excluding steroid dienone is 7. The molecule has 0 aromatic rings. The monoisotopic (exact) mass is 322 g/mol. The molecule has 0 aromatic carbocycles. The molecule has 0 saturated heterocycles. The normalized spacial score (nSPS) is 13.8. The highest BCUT2D eigenvalue weighted by Gasteiger charge is 2.16. The van der Waals surface area contributed by atoms with Crippen molar-refractivity contribution in [3.8, 4) is 0 Å². The minimum atomic E-state index is -1.16. The number of aliphatic carboxylic acids is 1. The van der Waals surface area contributed by atoms with E-state index < -0.39 is 12.3 Å². The molecule has 130 valence electrons. The third-order valence-electron chi connectivity index (χ3n) is 2.79. The molecular weight excluding hydrogens is 292 g/mol. The minimum Gasteiger partial charge on any atom is -0.477 e. The van der Waals surface area contributed by atoms with Crippen LogP contribution in [-0.4, -0.2) is 30.6 Å². The van der Waals surface area contributed by atoms with Crippen LogP contribution in [0.5, 0.6) is 0 Å². The molecule has 4 heteroatoms.